The Morgan fingerprint density at radius 3 is 1.51 bits per heavy atom. The van der Waals surface area contributed by atoms with Gasteiger partial charge in [-0.25, -0.2) is 9.59 Å². The number of amides is 3. The molecule has 2 aliphatic rings. The van der Waals surface area contributed by atoms with Gasteiger partial charge >= 0.3 is 23.9 Å². The predicted molar refractivity (Wildman–Crippen MR) is 241 cm³/mol. The highest BCUT2D eigenvalue weighted by Crippen LogP contribution is 2.26. The van der Waals surface area contributed by atoms with Crippen LogP contribution in [0.5, 0.6) is 0 Å². The number of aromatic amines is 2. The Balaban J connectivity index is 0.000000251. The third-order valence-corrected chi connectivity index (χ3v) is 10.4. The van der Waals surface area contributed by atoms with E-state index in [1.165, 1.54) is 29.2 Å². The Morgan fingerprint density at radius 1 is 0.687 bits per heavy atom. The fourth-order valence-corrected chi connectivity index (χ4v) is 6.81. The lowest BCUT2D eigenvalue weighted by molar-refractivity contribution is -0.142. The molecule has 0 aliphatic carbocycles. The highest BCUT2D eigenvalue weighted by molar-refractivity contribution is 5.97. The van der Waals surface area contributed by atoms with E-state index in [4.69, 9.17) is 21.7 Å². The molecule has 4 heterocycles. The molecule has 67 heavy (non-hydrogen) atoms. The number of fused-ring (bicyclic) bond motifs is 2. The molecule has 3 unspecified atom stereocenters. The zero-order chi connectivity index (χ0) is 48.9. The second-order valence-electron chi connectivity index (χ2n) is 15.0. The summed E-state index contributed by atoms with van der Waals surface area (Å²) in [6, 6.07) is 9.40. The molecule has 356 valence electrons. The van der Waals surface area contributed by atoms with Gasteiger partial charge in [-0.3, -0.25) is 43.5 Å². The SMILES string of the molecule is CN1c2c(nc(N)[nH]c2=O)NC[C@@H]1CNc1ccc(C(=O)NC(CCC(=O)O)C(=O)O)cc1.Nc1nc2c(c(=O)[nH]1)N(C=O)C(CNc1ccc(C(=O)NC(CCC(=O)O)C(=O)O)cc1)CN2. The highest BCUT2D eigenvalue weighted by Gasteiger charge is 2.31. The van der Waals surface area contributed by atoms with Crippen LogP contribution in [0.25, 0.3) is 0 Å². The number of anilines is 8. The number of nitrogen functional groups attached to an aromatic ring is 2. The number of carbonyl (C=O) groups is 7. The fraction of sp³-hybridized carbons (Fsp3) is 0.325. The van der Waals surface area contributed by atoms with E-state index in [0.717, 1.165) is 5.69 Å². The highest BCUT2D eigenvalue weighted by atomic mass is 16.4. The number of nitrogens with zero attached hydrogens (tertiary/aromatic N) is 4. The molecule has 16 N–H and O–H groups in total. The van der Waals surface area contributed by atoms with E-state index in [-0.39, 0.29) is 71.9 Å². The second-order valence-corrected chi connectivity index (χ2v) is 15.0. The number of nitrogens with one attached hydrogen (secondary N) is 8. The number of carboxylic acid groups (broad SMARTS) is 4. The van der Waals surface area contributed by atoms with Crippen molar-refractivity contribution in [1.29, 1.82) is 0 Å². The molecule has 4 aromatic rings. The number of rotatable bonds is 19. The molecule has 6 rings (SSSR count). The number of likely N-dealkylation sites (N-methyl/N-ethyl adjacent to an activating group) is 1. The number of nitrogens with two attached hydrogens (primary N) is 2. The van der Waals surface area contributed by atoms with Gasteiger partial charge in [-0.1, -0.05) is 0 Å². The predicted octanol–water partition coefficient (Wildman–Crippen LogP) is -0.989. The van der Waals surface area contributed by atoms with Crippen LogP contribution in [0.1, 0.15) is 46.4 Å². The van der Waals surface area contributed by atoms with Crippen LogP contribution in [0.2, 0.25) is 0 Å². The van der Waals surface area contributed by atoms with Crippen molar-refractivity contribution in [3.05, 3.63) is 80.4 Å². The van der Waals surface area contributed by atoms with Crippen molar-refractivity contribution in [2.45, 2.75) is 49.9 Å². The van der Waals surface area contributed by atoms with E-state index in [0.29, 0.717) is 43.2 Å². The molecule has 2 aliphatic heterocycles. The van der Waals surface area contributed by atoms with E-state index in [9.17, 15) is 53.4 Å². The molecule has 2 aromatic heterocycles. The molecule has 3 amide bonds. The number of aliphatic carboxylic acids is 4. The van der Waals surface area contributed by atoms with Crippen molar-refractivity contribution in [3.8, 4) is 0 Å². The van der Waals surface area contributed by atoms with Gasteiger partial charge in [0, 0.05) is 68.6 Å². The summed E-state index contributed by atoms with van der Waals surface area (Å²) >= 11 is 0. The van der Waals surface area contributed by atoms with Gasteiger partial charge in [0.2, 0.25) is 18.3 Å². The minimum absolute atomic E-state index is 0.0388. The van der Waals surface area contributed by atoms with Crippen molar-refractivity contribution in [1.82, 2.24) is 30.6 Å². The minimum Gasteiger partial charge on any atom is -0.481 e. The van der Waals surface area contributed by atoms with E-state index in [1.807, 2.05) is 4.90 Å². The maximum atomic E-state index is 12.3. The van der Waals surface area contributed by atoms with Crippen LogP contribution in [0.15, 0.2) is 58.1 Å². The minimum atomic E-state index is -1.33. The molecule has 0 fully saturated rings. The number of H-pyrrole nitrogens is 2. The average Bonchev–Trinajstić information content (AvgIpc) is 3.27. The molecule has 0 spiro atoms. The summed E-state index contributed by atoms with van der Waals surface area (Å²) < 4.78 is 0. The lowest BCUT2D eigenvalue weighted by Crippen LogP contribution is -2.50. The summed E-state index contributed by atoms with van der Waals surface area (Å²) in [5.74, 6) is -5.59. The Labute approximate surface area is 378 Å². The summed E-state index contributed by atoms with van der Waals surface area (Å²) in [4.78, 5) is 121. The van der Waals surface area contributed by atoms with Crippen LogP contribution in [0, 0.1) is 0 Å². The average molecular weight is 933 g/mol. The third-order valence-electron chi connectivity index (χ3n) is 10.4. The van der Waals surface area contributed by atoms with Gasteiger partial charge in [0.1, 0.15) is 17.8 Å². The summed E-state index contributed by atoms with van der Waals surface area (Å²) in [6.45, 7) is 1.58. The first-order chi connectivity index (χ1) is 31.8. The molecule has 0 saturated carbocycles. The quantitative estimate of drug-likeness (QED) is 0.0502. The zero-order valence-electron chi connectivity index (χ0n) is 35.6. The lowest BCUT2D eigenvalue weighted by Gasteiger charge is -2.35. The number of aromatic nitrogens is 4. The molecule has 2 aromatic carbocycles. The lowest BCUT2D eigenvalue weighted by atomic mass is 10.1. The molecular formula is C40H48N14O13. The van der Waals surface area contributed by atoms with Crippen molar-refractivity contribution < 1.29 is 54.0 Å². The van der Waals surface area contributed by atoms with Crippen LogP contribution in [-0.2, 0) is 24.0 Å². The van der Waals surface area contributed by atoms with Crippen LogP contribution >= 0.6 is 0 Å². The summed E-state index contributed by atoms with van der Waals surface area (Å²) in [5.41, 5.74) is 12.4. The Bertz CT molecular complexity index is 2610. The number of hydrogen-bond donors (Lipinski definition) is 14. The van der Waals surface area contributed by atoms with Gasteiger partial charge < -0.3 is 73.6 Å². The van der Waals surface area contributed by atoms with Gasteiger partial charge in [-0.05, 0) is 61.4 Å². The van der Waals surface area contributed by atoms with E-state index in [1.54, 1.807) is 31.3 Å². The van der Waals surface area contributed by atoms with Crippen molar-refractivity contribution in [3.63, 3.8) is 0 Å². The molecule has 27 nitrogen and oxygen atoms in total. The Kier molecular flexibility index (Phi) is 16.2. The first-order valence-corrected chi connectivity index (χ1v) is 20.3. The largest absolute Gasteiger partial charge is 0.481 e. The monoisotopic (exact) mass is 932 g/mol. The van der Waals surface area contributed by atoms with Gasteiger partial charge in [-0.2, -0.15) is 9.97 Å². The number of hydrogen-bond acceptors (Lipinski definition) is 18. The first-order valence-electron chi connectivity index (χ1n) is 20.3. The van der Waals surface area contributed by atoms with Crippen LogP contribution < -0.4 is 64.3 Å². The van der Waals surface area contributed by atoms with Crippen molar-refractivity contribution in [2.24, 2.45) is 0 Å². The zero-order valence-corrected chi connectivity index (χ0v) is 35.6. The molecule has 0 radical (unpaired) electrons. The van der Waals surface area contributed by atoms with E-state index in [2.05, 4.69) is 51.8 Å². The van der Waals surface area contributed by atoms with Crippen molar-refractivity contribution >= 4 is 88.4 Å². The maximum absolute atomic E-state index is 12.3. The summed E-state index contributed by atoms with van der Waals surface area (Å²) in [5, 5.41) is 52.8. The normalized spacial score (nSPS) is 15.5. The molecule has 27 heteroatoms. The standard InChI is InChI=1S/C20H23N7O7.C20H25N7O6/c21-20-25-16-15(18(32)26-20)27(9-28)12(8-23-16)7-22-11-3-1-10(2-4-11)17(31)24-13(19(33)34)5-6-14(29)30;1-27-12(9-23-16-15(27)18(31)26-20(21)25-16)8-22-11-4-2-10(3-5-11)17(30)24-13(19(32)33)6-7-14(28)29/h1-4,9,12-13,22H,5-8H2,(H,24,31)(H,29,30)(H,33,34)(H4,21,23,25,26,32);2-5,12-13,22H,6-9H2,1H3,(H,24,30)(H,28,29)(H,32,33)(H4,21,23,25,26,31)/t;12-,13?/m.0/s1. The molecule has 4 atom stereocenters. The van der Waals surface area contributed by atoms with Gasteiger partial charge in [0.05, 0.1) is 12.1 Å². The molecular weight excluding hydrogens is 885 g/mol. The second kappa shape index (κ2) is 22.1. The summed E-state index contributed by atoms with van der Waals surface area (Å²) in [7, 11) is 1.79. The Morgan fingerprint density at radius 2 is 1.09 bits per heavy atom. The summed E-state index contributed by atoms with van der Waals surface area (Å²) in [6.07, 6.45) is -0.687. The smallest absolute Gasteiger partial charge is 0.326 e. The fourth-order valence-electron chi connectivity index (χ4n) is 6.81. The van der Waals surface area contributed by atoms with Crippen LogP contribution in [-0.4, -0.2) is 140 Å². The number of carboxylic acids is 4. The number of benzene rings is 2. The maximum Gasteiger partial charge on any atom is 0.326 e. The van der Waals surface area contributed by atoms with Gasteiger partial charge in [-0.15, -0.1) is 0 Å². The topological polar surface area (TPSA) is 423 Å². The van der Waals surface area contributed by atoms with Crippen molar-refractivity contribution in [2.75, 3.05) is 75.8 Å². The van der Waals surface area contributed by atoms with Gasteiger partial charge in [0.25, 0.3) is 22.9 Å². The number of carbonyl (C=O) groups excluding carboxylic acids is 3. The van der Waals surface area contributed by atoms with Gasteiger partial charge in [0.15, 0.2) is 17.3 Å². The molecule has 0 bridgehead atoms. The van der Waals surface area contributed by atoms with E-state index >= 15 is 0 Å². The molecule has 0 saturated heterocycles. The van der Waals surface area contributed by atoms with Crippen LogP contribution in [0.4, 0.5) is 46.3 Å². The Hall–Kier alpha value is -8.91. The van der Waals surface area contributed by atoms with Crippen LogP contribution in [0.3, 0.4) is 0 Å². The third kappa shape index (κ3) is 13.1. The van der Waals surface area contributed by atoms with E-state index < -0.39 is 65.8 Å². The first kappa shape index (κ1) is 49.1.